The minimum absolute atomic E-state index is 0.172. The van der Waals surface area contributed by atoms with Gasteiger partial charge in [-0.15, -0.1) is 0 Å². The minimum Gasteiger partial charge on any atom is -0.338 e. The Balaban J connectivity index is 2.05. The van der Waals surface area contributed by atoms with Crippen molar-refractivity contribution in [2.45, 2.75) is 13.5 Å². The third-order valence-electron chi connectivity index (χ3n) is 2.62. The van der Waals surface area contributed by atoms with Crippen LogP contribution in [0.5, 0.6) is 0 Å². The van der Waals surface area contributed by atoms with Crippen LogP contribution in [0.1, 0.15) is 12.5 Å². The Bertz CT molecular complexity index is 564. The van der Waals surface area contributed by atoms with Crippen molar-refractivity contribution in [3.8, 4) is 11.1 Å². The van der Waals surface area contributed by atoms with Crippen LogP contribution >= 0.6 is 0 Å². The highest BCUT2D eigenvalue weighted by molar-refractivity contribution is 5.73. The SMILES string of the molecule is CCNC(=O)NCc1cncc(-c2cnn(C)c2)c1. The van der Waals surface area contributed by atoms with Crippen molar-refractivity contribution in [3.05, 3.63) is 36.4 Å². The Labute approximate surface area is 111 Å². The van der Waals surface area contributed by atoms with E-state index in [0.29, 0.717) is 13.1 Å². The van der Waals surface area contributed by atoms with Gasteiger partial charge in [0.2, 0.25) is 0 Å². The molecule has 0 aromatic carbocycles. The second-order valence-electron chi connectivity index (χ2n) is 4.20. The molecule has 2 N–H and O–H groups in total. The van der Waals surface area contributed by atoms with Crippen LogP contribution in [0.25, 0.3) is 11.1 Å². The number of aryl methyl sites for hydroxylation is 1. The van der Waals surface area contributed by atoms with Gasteiger partial charge in [-0.1, -0.05) is 0 Å². The summed E-state index contributed by atoms with van der Waals surface area (Å²) in [5.41, 5.74) is 2.95. The van der Waals surface area contributed by atoms with Crippen LogP contribution in [-0.4, -0.2) is 27.3 Å². The van der Waals surface area contributed by atoms with Gasteiger partial charge in [-0.25, -0.2) is 4.79 Å². The average Bonchev–Trinajstić information content (AvgIpc) is 2.84. The van der Waals surface area contributed by atoms with Crippen molar-refractivity contribution in [2.24, 2.45) is 7.05 Å². The number of carbonyl (C=O) groups excluding carboxylic acids is 1. The molecule has 0 aliphatic heterocycles. The summed E-state index contributed by atoms with van der Waals surface area (Å²) in [7, 11) is 1.87. The smallest absolute Gasteiger partial charge is 0.315 e. The molecule has 0 fully saturated rings. The standard InChI is InChI=1S/C13H17N5O/c1-3-15-13(19)16-6-10-4-11(7-14-5-10)12-8-17-18(2)9-12/h4-5,7-9H,3,6H2,1-2H3,(H2,15,16,19). The Morgan fingerprint density at radius 3 is 2.79 bits per heavy atom. The third kappa shape index (κ3) is 3.54. The lowest BCUT2D eigenvalue weighted by Gasteiger charge is -2.06. The van der Waals surface area contributed by atoms with E-state index in [0.717, 1.165) is 16.7 Å². The monoisotopic (exact) mass is 259 g/mol. The van der Waals surface area contributed by atoms with Gasteiger partial charge in [0.15, 0.2) is 0 Å². The highest BCUT2D eigenvalue weighted by Gasteiger charge is 2.03. The number of pyridine rings is 1. The van der Waals surface area contributed by atoms with Crippen LogP contribution in [0, 0.1) is 0 Å². The lowest BCUT2D eigenvalue weighted by atomic mass is 10.1. The molecule has 6 nitrogen and oxygen atoms in total. The molecule has 0 spiro atoms. The number of hydrogen-bond acceptors (Lipinski definition) is 3. The van der Waals surface area contributed by atoms with E-state index in [1.54, 1.807) is 23.3 Å². The Hall–Kier alpha value is -2.37. The normalized spacial score (nSPS) is 10.2. The summed E-state index contributed by atoms with van der Waals surface area (Å²) in [6.07, 6.45) is 7.24. The second-order valence-corrected chi connectivity index (χ2v) is 4.20. The lowest BCUT2D eigenvalue weighted by Crippen LogP contribution is -2.34. The molecule has 2 amide bonds. The molecule has 6 heteroatoms. The van der Waals surface area contributed by atoms with Crippen LogP contribution in [0.15, 0.2) is 30.9 Å². The van der Waals surface area contributed by atoms with Crippen molar-refractivity contribution in [3.63, 3.8) is 0 Å². The van der Waals surface area contributed by atoms with Crippen molar-refractivity contribution < 1.29 is 4.79 Å². The van der Waals surface area contributed by atoms with Gasteiger partial charge in [0.05, 0.1) is 6.20 Å². The third-order valence-corrected chi connectivity index (χ3v) is 2.62. The van der Waals surface area contributed by atoms with Crippen LogP contribution in [-0.2, 0) is 13.6 Å². The summed E-state index contributed by atoms with van der Waals surface area (Å²) in [6.45, 7) is 2.94. The van der Waals surface area contributed by atoms with Gasteiger partial charge < -0.3 is 10.6 Å². The Morgan fingerprint density at radius 2 is 2.11 bits per heavy atom. The summed E-state index contributed by atoms with van der Waals surface area (Å²) >= 11 is 0. The number of aromatic nitrogens is 3. The fraction of sp³-hybridized carbons (Fsp3) is 0.308. The van der Waals surface area contributed by atoms with E-state index >= 15 is 0 Å². The molecule has 0 saturated carbocycles. The van der Waals surface area contributed by atoms with E-state index in [1.807, 2.05) is 26.2 Å². The van der Waals surface area contributed by atoms with Crippen molar-refractivity contribution >= 4 is 6.03 Å². The maximum absolute atomic E-state index is 11.3. The van der Waals surface area contributed by atoms with E-state index in [2.05, 4.69) is 20.7 Å². The van der Waals surface area contributed by atoms with E-state index < -0.39 is 0 Å². The first-order chi connectivity index (χ1) is 9.19. The number of urea groups is 1. The second kappa shape index (κ2) is 5.99. The molecule has 0 aliphatic carbocycles. The maximum atomic E-state index is 11.3. The van der Waals surface area contributed by atoms with E-state index in [9.17, 15) is 4.79 Å². The first-order valence-electron chi connectivity index (χ1n) is 6.13. The van der Waals surface area contributed by atoms with Crippen LogP contribution < -0.4 is 10.6 Å². The van der Waals surface area contributed by atoms with Gasteiger partial charge in [-0.2, -0.15) is 5.10 Å². The van der Waals surface area contributed by atoms with E-state index in [-0.39, 0.29) is 6.03 Å². The van der Waals surface area contributed by atoms with Gasteiger partial charge in [0.1, 0.15) is 0 Å². The molecule has 0 aliphatic rings. The van der Waals surface area contributed by atoms with Crippen molar-refractivity contribution in [1.29, 1.82) is 0 Å². The quantitative estimate of drug-likeness (QED) is 0.869. The summed E-state index contributed by atoms with van der Waals surface area (Å²) in [5, 5.41) is 9.58. The van der Waals surface area contributed by atoms with Gasteiger partial charge in [-0.05, 0) is 18.6 Å². The molecule has 2 heterocycles. The summed E-state index contributed by atoms with van der Waals surface area (Å²) in [4.78, 5) is 15.5. The molecule has 2 aromatic rings. The molecular weight excluding hydrogens is 242 g/mol. The van der Waals surface area contributed by atoms with Gasteiger partial charge >= 0.3 is 6.03 Å². The molecule has 0 unspecified atom stereocenters. The molecule has 0 bridgehead atoms. The maximum Gasteiger partial charge on any atom is 0.315 e. The first-order valence-corrected chi connectivity index (χ1v) is 6.13. The summed E-state index contributed by atoms with van der Waals surface area (Å²) in [5.74, 6) is 0. The Morgan fingerprint density at radius 1 is 1.26 bits per heavy atom. The lowest BCUT2D eigenvalue weighted by molar-refractivity contribution is 0.241. The van der Waals surface area contributed by atoms with Crippen molar-refractivity contribution in [1.82, 2.24) is 25.4 Å². The fourth-order valence-electron chi connectivity index (χ4n) is 1.72. The van der Waals surface area contributed by atoms with Crippen LogP contribution in [0.2, 0.25) is 0 Å². The molecule has 2 aromatic heterocycles. The summed E-state index contributed by atoms with van der Waals surface area (Å²) < 4.78 is 1.74. The number of carbonyl (C=O) groups is 1. The minimum atomic E-state index is -0.172. The first kappa shape index (κ1) is 13.1. The topological polar surface area (TPSA) is 71.8 Å². The van der Waals surface area contributed by atoms with E-state index in [1.165, 1.54) is 0 Å². The molecule has 0 saturated heterocycles. The number of hydrogen-bond donors (Lipinski definition) is 2. The number of amides is 2. The number of rotatable bonds is 4. The molecule has 100 valence electrons. The highest BCUT2D eigenvalue weighted by Crippen LogP contribution is 2.18. The van der Waals surface area contributed by atoms with Crippen LogP contribution in [0.3, 0.4) is 0 Å². The zero-order valence-corrected chi connectivity index (χ0v) is 11.1. The Kier molecular flexibility index (Phi) is 4.12. The molecule has 2 rings (SSSR count). The summed E-state index contributed by atoms with van der Waals surface area (Å²) in [6, 6.07) is 1.82. The fourth-order valence-corrected chi connectivity index (χ4v) is 1.72. The predicted octanol–water partition coefficient (Wildman–Crippen LogP) is 1.30. The number of nitrogens with zero attached hydrogens (tertiary/aromatic N) is 3. The zero-order valence-electron chi connectivity index (χ0n) is 11.1. The largest absolute Gasteiger partial charge is 0.338 e. The highest BCUT2D eigenvalue weighted by atomic mass is 16.2. The van der Waals surface area contributed by atoms with E-state index in [4.69, 9.17) is 0 Å². The van der Waals surface area contributed by atoms with Crippen molar-refractivity contribution in [2.75, 3.05) is 6.54 Å². The van der Waals surface area contributed by atoms with Crippen LogP contribution in [0.4, 0.5) is 4.79 Å². The predicted molar refractivity (Wildman–Crippen MR) is 72.4 cm³/mol. The zero-order chi connectivity index (χ0) is 13.7. The molecule has 0 atom stereocenters. The molecule has 19 heavy (non-hydrogen) atoms. The molecule has 0 radical (unpaired) electrons. The molecular formula is C13H17N5O. The number of nitrogens with one attached hydrogen (secondary N) is 2. The van der Waals surface area contributed by atoms with Gasteiger partial charge in [0.25, 0.3) is 0 Å². The average molecular weight is 259 g/mol. The van der Waals surface area contributed by atoms with Gasteiger partial charge in [0, 0.05) is 49.9 Å². The van der Waals surface area contributed by atoms with Gasteiger partial charge in [-0.3, -0.25) is 9.67 Å².